The predicted molar refractivity (Wildman–Crippen MR) is 105 cm³/mol. The zero-order chi connectivity index (χ0) is 19.9. The Morgan fingerprint density at radius 1 is 1.18 bits per heavy atom. The quantitative estimate of drug-likeness (QED) is 0.574. The van der Waals surface area contributed by atoms with Crippen molar-refractivity contribution in [3.8, 4) is 11.5 Å². The molecule has 0 unspecified atom stereocenters. The molecule has 0 aliphatic carbocycles. The summed E-state index contributed by atoms with van der Waals surface area (Å²) in [6, 6.07) is 3.53. The second kappa shape index (κ2) is 9.73. The molecule has 1 fully saturated rings. The van der Waals surface area contributed by atoms with Gasteiger partial charge in [0.05, 0.1) is 19.8 Å². The summed E-state index contributed by atoms with van der Waals surface area (Å²) >= 11 is 0. The number of methoxy groups -OCH3 is 1. The van der Waals surface area contributed by atoms with Gasteiger partial charge in [-0.15, -0.1) is 0 Å². The van der Waals surface area contributed by atoms with Crippen LogP contribution in [0.3, 0.4) is 0 Å². The van der Waals surface area contributed by atoms with E-state index in [2.05, 4.69) is 0 Å². The summed E-state index contributed by atoms with van der Waals surface area (Å²) in [5.41, 5.74) is 1.08. The number of esters is 1. The van der Waals surface area contributed by atoms with E-state index in [1.807, 2.05) is 25.1 Å². The topological polar surface area (TPSA) is 74.4 Å². The number of benzene rings is 1. The first kappa shape index (κ1) is 20.4. The van der Waals surface area contributed by atoms with Gasteiger partial charge in [-0.2, -0.15) is 0 Å². The molecule has 1 saturated heterocycles. The van der Waals surface area contributed by atoms with E-state index in [-0.39, 0.29) is 18.0 Å². The van der Waals surface area contributed by atoms with Crippen LogP contribution in [0.1, 0.15) is 61.4 Å². The van der Waals surface area contributed by atoms with Crippen molar-refractivity contribution in [3.05, 3.63) is 29.3 Å². The number of rotatable bonds is 4. The lowest BCUT2D eigenvalue weighted by molar-refractivity contribution is -0.119. The van der Waals surface area contributed by atoms with Crippen molar-refractivity contribution in [3.63, 3.8) is 0 Å². The lowest BCUT2D eigenvalue weighted by Gasteiger charge is -2.18. The first-order chi connectivity index (χ1) is 13.6. The van der Waals surface area contributed by atoms with Crippen molar-refractivity contribution in [2.24, 2.45) is 0 Å². The van der Waals surface area contributed by atoms with E-state index < -0.39 is 5.97 Å². The van der Waals surface area contributed by atoms with E-state index >= 15 is 0 Å². The first-order valence-electron chi connectivity index (χ1n) is 9.92. The summed E-state index contributed by atoms with van der Waals surface area (Å²) in [4.78, 5) is 24.8. The van der Waals surface area contributed by atoms with Crippen molar-refractivity contribution >= 4 is 17.8 Å². The fourth-order valence-corrected chi connectivity index (χ4v) is 3.20. The standard InChI is InChI=1S/C22H28O6/c1-15-7-6-10-17(23)9-5-3-4-8-16-11-18(26-13-19-14-27-19)12-20(25-2)21(16)22(24)28-15/h4,8,11-12,15,19H,3,5-7,9-10,13-14H2,1-2H3/t15-,19+/m0/s1. The number of Topliss-reactive ketones (excluding diaryl/α,β-unsaturated/α-hetero) is 1. The second-order valence-corrected chi connectivity index (χ2v) is 7.30. The maximum Gasteiger partial charge on any atom is 0.342 e. The largest absolute Gasteiger partial charge is 0.496 e. The molecule has 1 aromatic carbocycles. The predicted octanol–water partition coefficient (Wildman–Crippen LogP) is 3.95. The zero-order valence-electron chi connectivity index (χ0n) is 16.6. The Hall–Kier alpha value is -2.34. The molecule has 0 bridgehead atoms. The van der Waals surface area contributed by atoms with E-state index in [9.17, 15) is 9.59 Å². The highest BCUT2D eigenvalue weighted by Gasteiger charge is 2.25. The summed E-state index contributed by atoms with van der Waals surface area (Å²) in [7, 11) is 1.53. The molecule has 0 spiro atoms. The Balaban J connectivity index is 1.89. The van der Waals surface area contributed by atoms with Gasteiger partial charge in [-0.05, 0) is 44.2 Å². The number of ether oxygens (including phenoxy) is 4. The third-order valence-corrected chi connectivity index (χ3v) is 4.87. The van der Waals surface area contributed by atoms with Crippen LogP contribution in [0.5, 0.6) is 11.5 Å². The number of carbonyl (C=O) groups is 2. The Bertz CT molecular complexity index is 735. The van der Waals surface area contributed by atoms with Crippen molar-refractivity contribution in [2.45, 2.75) is 57.7 Å². The maximum atomic E-state index is 12.9. The average molecular weight is 388 g/mol. The van der Waals surface area contributed by atoms with Crippen LogP contribution in [0.25, 0.3) is 6.08 Å². The van der Waals surface area contributed by atoms with E-state index in [4.69, 9.17) is 18.9 Å². The van der Waals surface area contributed by atoms with Gasteiger partial charge >= 0.3 is 5.97 Å². The Morgan fingerprint density at radius 3 is 2.71 bits per heavy atom. The smallest absolute Gasteiger partial charge is 0.342 e. The number of allylic oxidation sites excluding steroid dienone is 1. The minimum Gasteiger partial charge on any atom is -0.496 e. The number of carbonyl (C=O) groups excluding carboxylic acids is 2. The number of cyclic esters (lactones) is 1. The molecule has 28 heavy (non-hydrogen) atoms. The molecule has 0 N–H and O–H groups in total. The third kappa shape index (κ3) is 5.83. The highest BCUT2D eigenvalue weighted by molar-refractivity contribution is 5.97. The van der Waals surface area contributed by atoms with Gasteiger partial charge in [-0.3, -0.25) is 4.79 Å². The Kier molecular flexibility index (Phi) is 7.09. The summed E-state index contributed by atoms with van der Waals surface area (Å²) in [5, 5.41) is 0. The van der Waals surface area contributed by atoms with Gasteiger partial charge in [-0.1, -0.05) is 12.2 Å². The summed E-state index contributed by atoms with van der Waals surface area (Å²) in [6.07, 6.45) is 7.79. The molecule has 2 atom stereocenters. The van der Waals surface area contributed by atoms with Gasteiger partial charge in [-0.25, -0.2) is 4.79 Å². The Labute approximate surface area is 165 Å². The van der Waals surface area contributed by atoms with Gasteiger partial charge in [0.15, 0.2) is 0 Å². The van der Waals surface area contributed by atoms with Crippen molar-refractivity contribution in [2.75, 3.05) is 20.3 Å². The molecule has 152 valence electrons. The van der Waals surface area contributed by atoms with Crippen LogP contribution >= 0.6 is 0 Å². The third-order valence-electron chi connectivity index (χ3n) is 4.87. The molecule has 3 rings (SSSR count). The van der Waals surface area contributed by atoms with E-state index in [1.54, 1.807) is 6.07 Å². The molecule has 6 nitrogen and oxygen atoms in total. The molecular weight excluding hydrogens is 360 g/mol. The van der Waals surface area contributed by atoms with Crippen molar-refractivity contribution in [1.82, 2.24) is 0 Å². The number of epoxide rings is 1. The average Bonchev–Trinajstić information content (AvgIpc) is 3.49. The van der Waals surface area contributed by atoms with Crippen molar-refractivity contribution in [1.29, 1.82) is 0 Å². The molecule has 1 aromatic rings. The normalized spacial score (nSPS) is 23.4. The fourth-order valence-electron chi connectivity index (χ4n) is 3.20. The number of fused-ring (bicyclic) bond motifs is 1. The molecular formula is C22H28O6. The van der Waals surface area contributed by atoms with Crippen LogP contribution in [0.2, 0.25) is 0 Å². The van der Waals surface area contributed by atoms with Gasteiger partial charge in [0.2, 0.25) is 0 Å². The monoisotopic (exact) mass is 388 g/mol. The minimum absolute atomic E-state index is 0.138. The molecule has 0 aromatic heterocycles. The van der Waals surface area contributed by atoms with Crippen molar-refractivity contribution < 1.29 is 28.5 Å². The van der Waals surface area contributed by atoms with Gasteiger partial charge in [0.25, 0.3) is 0 Å². The van der Waals surface area contributed by atoms with Crippen LogP contribution in [0, 0.1) is 0 Å². The van der Waals surface area contributed by atoms with Crippen LogP contribution in [0.15, 0.2) is 18.2 Å². The number of ketones is 1. The highest BCUT2D eigenvalue weighted by atomic mass is 16.6. The SMILES string of the molecule is COc1cc(OC[C@@H]2CO2)cc2c1C(=O)O[C@@H](C)CCCC(=O)CCCC=C2. The Morgan fingerprint density at radius 2 is 1.96 bits per heavy atom. The summed E-state index contributed by atoms with van der Waals surface area (Å²) in [6.45, 7) is 3.03. The number of hydrogen-bond donors (Lipinski definition) is 0. The molecule has 6 heteroatoms. The van der Waals surface area contributed by atoms with Crippen LogP contribution < -0.4 is 9.47 Å². The molecule has 2 aliphatic rings. The fraction of sp³-hybridized carbons (Fsp3) is 0.545. The van der Waals surface area contributed by atoms with E-state index in [1.165, 1.54) is 7.11 Å². The van der Waals surface area contributed by atoms with E-state index in [0.29, 0.717) is 55.1 Å². The molecule has 2 heterocycles. The van der Waals surface area contributed by atoms with Crippen LogP contribution in [0.4, 0.5) is 0 Å². The molecule has 0 radical (unpaired) electrons. The summed E-state index contributed by atoms with van der Waals surface area (Å²) < 4.78 is 22.1. The van der Waals surface area contributed by atoms with Crippen LogP contribution in [-0.2, 0) is 14.3 Å². The van der Waals surface area contributed by atoms with Gasteiger partial charge < -0.3 is 18.9 Å². The van der Waals surface area contributed by atoms with Gasteiger partial charge in [0.1, 0.15) is 35.6 Å². The second-order valence-electron chi connectivity index (χ2n) is 7.30. The molecule has 2 aliphatic heterocycles. The first-order valence-corrected chi connectivity index (χ1v) is 9.92. The lowest BCUT2D eigenvalue weighted by Crippen LogP contribution is -2.17. The molecule has 0 amide bonds. The molecule has 0 saturated carbocycles. The van der Waals surface area contributed by atoms with Gasteiger partial charge in [0, 0.05) is 18.9 Å². The highest BCUT2D eigenvalue weighted by Crippen LogP contribution is 2.32. The minimum atomic E-state index is -0.426. The number of hydrogen-bond acceptors (Lipinski definition) is 6. The summed E-state index contributed by atoms with van der Waals surface area (Å²) in [5.74, 6) is 0.884. The maximum absolute atomic E-state index is 12.9. The van der Waals surface area contributed by atoms with Crippen LogP contribution in [-0.4, -0.2) is 44.3 Å². The lowest BCUT2D eigenvalue weighted by atomic mass is 10.0. The zero-order valence-corrected chi connectivity index (χ0v) is 16.6. The van der Waals surface area contributed by atoms with E-state index in [0.717, 1.165) is 19.3 Å².